The fourth-order valence-corrected chi connectivity index (χ4v) is 4.10. The van der Waals surface area contributed by atoms with Gasteiger partial charge in [0.1, 0.15) is 0 Å². The van der Waals surface area contributed by atoms with E-state index in [4.69, 9.17) is 32.7 Å². The number of rotatable bonds is 6. The highest BCUT2D eigenvalue weighted by Gasteiger charge is 2.40. The van der Waals surface area contributed by atoms with E-state index < -0.39 is 5.54 Å². The van der Waals surface area contributed by atoms with Gasteiger partial charge in [0.25, 0.3) is 0 Å². The Morgan fingerprint density at radius 2 is 1.64 bits per heavy atom. The molecule has 1 amide bonds. The topological polar surface area (TPSA) is 47.6 Å². The minimum absolute atomic E-state index is 0.0269. The summed E-state index contributed by atoms with van der Waals surface area (Å²) in [6.45, 7) is 2.46. The second-order valence-corrected chi connectivity index (χ2v) is 8.36. The maximum absolute atomic E-state index is 12.4. The van der Waals surface area contributed by atoms with Gasteiger partial charge >= 0.3 is 0 Å². The molecule has 1 aliphatic heterocycles. The fraction of sp³-hybridized carbons (Fsp3) is 0.409. The first-order chi connectivity index (χ1) is 13.4. The molecular formula is C22H25Cl2NO3. The van der Waals surface area contributed by atoms with E-state index >= 15 is 0 Å². The lowest BCUT2D eigenvalue weighted by Crippen LogP contribution is -2.51. The Labute approximate surface area is 176 Å². The summed E-state index contributed by atoms with van der Waals surface area (Å²) in [5, 5.41) is 4.52. The van der Waals surface area contributed by atoms with Crippen LogP contribution in [0.3, 0.4) is 0 Å². The summed E-state index contributed by atoms with van der Waals surface area (Å²) in [6.07, 6.45) is 1.26. The minimum atomic E-state index is -0.428. The van der Waals surface area contributed by atoms with Gasteiger partial charge in [-0.2, -0.15) is 0 Å². The van der Waals surface area contributed by atoms with Gasteiger partial charge in [0.2, 0.25) is 5.91 Å². The maximum atomic E-state index is 12.4. The summed E-state index contributed by atoms with van der Waals surface area (Å²) >= 11 is 12.4. The number of methoxy groups -OCH3 is 1. The van der Waals surface area contributed by atoms with Crippen LogP contribution in [-0.2, 0) is 14.3 Å². The first-order valence-corrected chi connectivity index (χ1v) is 10.1. The van der Waals surface area contributed by atoms with E-state index in [1.54, 1.807) is 7.11 Å². The monoisotopic (exact) mass is 421 g/mol. The van der Waals surface area contributed by atoms with Crippen molar-refractivity contribution in [2.24, 2.45) is 0 Å². The highest BCUT2D eigenvalue weighted by Crippen LogP contribution is 2.44. The second kappa shape index (κ2) is 9.27. The third-order valence-electron chi connectivity index (χ3n) is 5.02. The van der Waals surface area contributed by atoms with Crippen molar-refractivity contribution in [2.75, 3.05) is 13.7 Å². The average molecular weight is 422 g/mol. The minimum Gasteiger partial charge on any atom is -0.384 e. The zero-order chi connectivity index (χ0) is 20.1. The van der Waals surface area contributed by atoms with Crippen LogP contribution in [-0.4, -0.2) is 25.2 Å². The van der Waals surface area contributed by atoms with Gasteiger partial charge < -0.3 is 14.8 Å². The highest BCUT2D eigenvalue weighted by atomic mass is 35.5. The van der Waals surface area contributed by atoms with E-state index in [0.717, 1.165) is 11.1 Å². The molecule has 1 unspecified atom stereocenters. The summed E-state index contributed by atoms with van der Waals surface area (Å²) in [7, 11) is 1.59. The van der Waals surface area contributed by atoms with Crippen LogP contribution in [0.2, 0.25) is 10.0 Å². The van der Waals surface area contributed by atoms with Crippen molar-refractivity contribution in [1.82, 2.24) is 5.32 Å². The number of ether oxygens (including phenoxy) is 2. The van der Waals surface area contributed by atoms with Crippen LogP contribution in [0.5, 0.6) is 0 Å². The van der Waals surface area contributed by atoms with Crippen LogP contribution in [0.1, 0.15) is 49.5 Å². The quantitative estimate of drug-likeness (QED) is 0.669. The van der Waals surface area contributed by atoms with E-state index in [9.17, 15) is 4.79 Å². The summed E-state index contributed by atoms with van der Waals surface area (Å²) in [6, 6.07) is 15.4. The summed E-state index contributed by atoms with van der Waals surface area (Å²) in [4.78, 5) is 12.4. The van der Waals surface area contributed by atoms with Gasteiger partial charge in [0.05, 0.1) is 18.8 Å². The molecule has 0 saturated carbocycles. The molecule has 28 heavy (non-hydrogen) atoms. The van der Waals surface area contributed by atoms with Crippen molar-refractivity contribution in [3.05, 3.63) is 69.7 Å². The van der Waals surface area contributed by atoms with E-state index in [-0.39, 0.29) is 18.1 Å². The molecular weight excluding hydrogens is 397 g/mol. The van der Waals surface area contributed by atoms with E-state index in [1.165, 1.54) is 0 Å². The molecule has 0 radical (unpaired) electrons. The number of carbonyl (C=O) groups is 1. The predicted octanol–water partition coefficient (Wildman–Crippen LogP) is 5.50. The first kappa shape index (κ1) is 21.1. The molecule has 1 saturated heterocycles. The fourth-order valence-electron chi connectivity index (χ4n) is 3.70. The van der Waals surface area contributed by atoms with Crippen molar-refractivity contribution in [3.63, 3.8) is 0 Å². The van der Waals surface area contributed by atoms with Gasteiger partial charge in [-0.1, -0.05) is 47.5 Å². The molecule has 4 nitrogen and oxygen atoms in total. The molecule has 0 aromatic heterocycles. The van der Waals surface area contributed by atoms with E-state index in [0.29, 0.717) is 35.9 Å². The molecule has 2 aromatic rings. The van der Waals surface area contributed by atoms with Crippen molar-refractivity contribution in [1.29, 1.82) is 0 Å². The molecule has 150 valence electrons. The van der Waals surface area contributed by atoms with Gasteiger partial charge in [-0.25, -0.2) is 0 Å². The number of hydrogen-bond acceptors (Lipinski definition) is 3. The molecule has 2 aromatic carbocycles. The molecule has 0 bridgehead atoms. The molecule has 1 fully saturated rings. The summed E-state index contributed by atoms with van der Waals surface area (Å²) in [5.74, 6) is -0.0269. The number of amides is 1. The molecule has 3 atom stereocenters. The number of benzene rings is 2. The molecule has 1 N–H and O–H groups in total. The van der Waals surface area contributed by atoms with Crippen LogP contribution < -0.4 is 5.32 Å². The first-order valence-electron chi connectivity index (χ1n) is 9.35. The smallest absolute Gasteiger partial charge is 0.222 e. The highest BCUT2D eigenvalue weighted by molar-refractivity contribution is 6.30. The van der Waals surface area contributed by atoms with Gasteiger partial charge in [-0.15, -0.1) is 0 Å². The third-order valence-corrected chi connectivity index (χ3v) is 5.49. The molecule has 3 rings (SSSR count). The SMILES string of the molecule is COCCC(=O)NC1(C)C[C@@H](c2cccc(Cl)c2)O[C@@H](c2cccc(Cl)c2)C1. The number of halogens is 2. The Morgan fingerprint density at radius 3 is 2.11 bits per heavy atom. The molecule has 1 aliphatic rings. The normalized spacial score (nSPS) is 24.7. The maximum Gasteiger partial charge on any atom is 0.222 e. The Kier molecular flexibility index (Phi) is 7.00. The van der Waals surface area contributed by atoms with Crippen molar-refractivity contribution in [2.45, 2.75) is 43.9 Å². The summed E-state index contributed by atoms with van der Waals surface area (Å²) < 4.78 is 11.5. The number of carbonyl (C=O) groups excluding carboxylic acids is 1. The number of hydrogen-bond donors (Lipinski definition) is 1. The van der Waals surface area contributed by atoms with Crippen LogP contribution in [0.15, 0.2) is 48.5 Å². The largest absolute Gasteiger partial charge is 0.384 e. The van der Waals surface area contributed by atoms with Crippen LogP contribution >= 0.6 is 23.2 Å². The lowest BCUT2D eigenvalue weighted by Gasteiger charge is -2.43. The zero-order valence-corrected chi connectivity index (χ0v) is 17.6. The van der Waals surface area contributed by atoms with Crippen molar-refractivity contribution < 1.29 is 14.3 Å². The van der Waals surface area contributed by atoms with Crippen molar-refractivity contribution in [3.8, 4) is 0 Å². The zero-order valence-electron chi connectivity index (χ0n) is 16.1. The standard InChI is InChI=1S/C22H25Cl2NO3/c1-22(25-21(26)9-10-27-2)13-19(15-5-3-7-17(23)11-15)28-20(14-22)16-6-4-8-18(24)12-16/h3-8,11-12,19-20H,9-10,13-14H2,1-2H3,(H,25,26)/t19-,20+,22?. The van der Waals surface area contributed by atoms with Gasteiger partial charge in [-0.05, 0) is 42.3 Å². The van der Waals surface area contributed by atoms with Gasteiger partial charge in [-0.3, -0.25) is 4.79 Å². The molecule has 0 spiro atoms. The van der Waals surface area contributed by atoms with E-state index in [2.05, 4.69) is 12.2 Å². The second-order valence-electron chi connectivity index (χ2n) is 7.48. The number of nitrogens with one attached hydrogen (secondary N) is 1. The van der Waals surface area contributed by atoms with Gasteiger partial charge in [0, 0.05) is 42.0 Å². The Bertz CT molecular complexity index is 773. The molecule has 0 aliphatic carbocycles. The van der Waals surface area contributed by atoms with Gasteiger partial charge in [0.15, 0.2) is 0 Å². The van der Waals surface area contributed by atoms with Crippen LogP contribution in [0.4, 0.5) is 0 Å². The Balaban J connectivity index is 1.88. The average Bonchev–Trinajstić information content (AvgIpc) is 2.65. The molecule has 1 heterocycles. The Morgan fingerprint density at radius 1 is 1.11 bits per heavy atom. The Hall–Kier alpha value is -1.59. The lowest BCUT2D eigenvalue weighted by molar-refractivity contribution is -0.129. The van der Waals surface area contributed by atoms with Crippen LogP contribution in [0.25, 0.3) is 0 Å². The van der Waals surface area contributed by atoms with Crippen LogP contribution in [0, 0.1) is 0 Å². The summed E-state index contributed by atoms with van der Waals surface area (Å²) in [5.41, 5.74) is 1.57. The third kappa shape index (κ3) is 5.48. The molecule has 6 heteroatoms. The van der Waals surface area contributed by atoms with Crippen molar-refractivity contribution >= 4 is 29.1 Å². The lowest BCUT2D eigenvalue weighted by atomic mass is 9.81. The predicted molar refractivity (Wildman–Crippen MR) is 112 cm³/mol. The van der Waals surface area contributed by atoms with E-state index in [1.807, 2.05) is 48.5 Å².